The predicted molar refractivity (Wildman–Crippen MR) is 53.0 cm³/mol. The Morgan fingerprint density at radius 2 is 2.18 bits per heavy atom. The standard InChI is InChI=1S/C8H7IN2/c1-5-2-8(11)7(9)3-6(5)4-10/h2-3H,11H2,1H3. The fourth-order valence-corrected chi connectivity index (χ4v) is 1.29. The monoisotopic (exact) mass is 258 g/mol. The summed E-state index contributed by atoms with van der Waals surface area (Å²) in [5, 5.41) is 8.64. The number of hydrogen-bond donors (Lipinski definition) is 1. The van der Waals surface area contributed by atoms with Crippen LogP contribution in [-0.2, 0) is 0 Å². The first-order valence-corrected chi connectivity index (χ1v) is 4.18. The highest BCUT2D eigenvalue weighted by Crippen LogP contribution is 2.19. The third-order valence-electron chi connectivity index (χ3n) is 1.46. The topological polar surface area (TPSA) is 49.8 Å². The molecule has 1 aromatic carbocycles. The molecule has 0 radical (unpaired) electrons. The largest absolute Gasteiger partial charge is 0.398 e. The van der Waals surface area contributed by atoms with Gasteiger partial charge in [-0.2, -0.15) is 5.26 Å². The normalized spacial score (nSPS) is 9.18. The molecule has 2 N–H and O–H groups in total. The van der Waals surface area contributed by atoms with Crippen LogP contribution >= 0.6 is 22.6 Å². The average Bonchev–Trinajstić information content (AvgIpc) is 1.97. The number of nitrogen functional groups attached to an aromatic ring is 1. The van der Waals surface area contributed by atoms with Crippen molar-refractivity contribution in [3.63, 3.8) is 0 Å². The SMILES string of the molecule is Cc1cc(N)c(I)cc1C#N. The van der Waals surface area contributed by atoms with Crippen LogP contribution < -0.4 is 5.73 Å². The molecule has 1 rings (SSSR count). The fourth-order valence-electron chi connectivity index (χ4n) is 0.824. The second-order valence-electron chi connectivity index (χ2n) is 2.30. The first-order chi connectivity index (χ1) is 5.15. The van der Waals surface area contributed by atoms with Crippen LogP contribution in [0.2, 0.25) is 0 Å². The molecule has 0 saturated carbocycles. The van der Waals surface area contributed by atoms with Crippen molar-refractivity contribution < 1.29 is 0 Å². The van der Waals surface area contributed by atoms with Gasteiger partial charge in [0.15, 0.2) is 0 Å². The van der Waals surface area contributed by atoms with Gasteiger partial charge >= 0.3 is 0 Å². The van der Waals surface area contributed by atoms with E-state index < -0.39 is 0 Å². The average molecular weight is 258 g/mol. The molecule has 0 atom stereocenters. The van der Waals surface area contributed by atoms with Crippen molar-refractivity contribution in [1.82, 2.24) is 0 Å². The number of nitriles is 1. The third kappa shape index (κ3) is 1.63. The summed E-state index contributed by atoms with van der Waals surface area (Å²) in [4.78, 5) is 0. The van der Waals surface area contributed by atoms with Crippen molar-refractivity contribution in [2.24, 2.45) is 0 Å². The van der Waals surface area contributed by atoms with Gasteiger partial charge in [0.05, 0.1) is 11.6 Å². The molecule has 0 spiro atoms. The highest BCUT2D eigenvalue weighted by Gasteiger charge is 2.00. The maximum Gasteiger partial charge on any atom is 0.0994 e. The molecule has 0 aliphatic heterocycles. The summed E-state index contributed by atoms with van der Waals surface area (Å²) in [6.45, 7) is 1.88. The van der Waals surface area contributed by atoms with Crippen LogP contribution in [0, 0.1) is 21.8 Å². The van der Waals surface area contributed by atoms with Crippen molar-refractivity contribution in [2.75, 3.05) is 5.73 Å². The lowest BCUT2D eigenvalue weighted by Crippen LogP contribution is -1.92. The van der Waals surface area contributed by atoms with Gasteiger partial charge in [0.2, 0.25) is 0 Å². The van der Waals surface area contributed by atoms with E-state index in [0.29, 0.717) is 5.56 Å². The Balaban J connectivity index is 3.35. The van der Waals surface area contributed by atoms with Crippen molar-refractivity contribution in [1.29, 1.82) is 5.26 Å². The molecule has 2 nitrogen and oxygen atoms in total. The predicted octanol–water partition coefficient (Wildman–Crippen LogP) is 2.05. The maximum absolute atomic E-state index is 8.64. The van der Waals surface area contributed by atoms with Gasteiger partial charge in [-0.05, 0) is 47.2 Å². The van der Waals surface area contributed by atoms with Gasteiger partial charge in [0.1, 0.15) is 0 Å². The molecule has 0 amide bonds. The molecule has 11 heavy (non-hydrogen) atoms. The van der Waals surface area contributed by atoms with Crippen molar-refractivity contribution >= 4 is 28.3 Å². The van der Waals surface area contributed by atoms with Gasteiger partial charge in [0.25, 0.3) is 0 Å². The molecular formula is C8H7IN2. The Morgan fingerprint density at radius 3 is 2.73 bits per heavy atom. The number of halogens is 1. The molecule has 0 aromatic heterocycles. The second kappa shape index (κ2) is 3.09. The first-order valence-electron chi connectivity index (χ1n) is 3.11. The summed E-state index contributed by atoms with van der Waals surface area (Å²) in [6.07, 6.45) is 0. The van der Waals surface area contributed by atoms with E-state index in [1.165, 1.54) is 0 Å². The van der Waals surface area contributed by atoms with Gasteiger partial charge in [-0.15, -0.1) is 0 Å². The Labute approximate surface area is 79.2 Å². The zero-order valence-electron chi connectivity index (χ0n) is 6.06. The fraction of sp³-hybridized carbons (Fsp3) is 0.125. The van der Waals surface area contributed by atoms with Crippen molar-refractivity contribution in [3.05, 3.63) is 26.8 Å². The zero-order valence-corrected chi connectivity index (χ0v) is 8.21. The quantitative estimate of drug-likeness (QED) is 0.572. The van der Waals surface area contributed by atoms with E-state index in [9.17, 15) is 0 Å². The minimum Gasteiger partial charge on any atom is -0.398 e. The summed E-state index contributed by atoms with van der Waals surface area (Å²) in [5.41, 5.74) is 8.00. The van der Waals surface area contributed by atoms with E-state index in [4.69, 9.17) is 11.0 Å². The molecule has 0 saturated heterocycles. The minimum atomic E-state index is 0.698. The van der Waals surface area contributed by atoms with Gasteiger partial charge in [0, 0.05) is 9.26 Å². The Morgan fingerprint density at radius 1 is 1.55 bits per heavy atom. The second-order valence-corrected chi connectivity index (χ2v) is 3.46. The van der Waals surface area contributed by atoms with Crippen molar-refractivity contribution in [3.8, 4) is 6.07 Å². The molecule has 0 aliphatic rings. The molecule has 0 fully saturated rings. The minimum absolute atomic E-state index is 0.698. The summed E-state index contributed by atoms with van der Waals surface area (Å²) in [5.74, 6) is 0. The van der Waals surface area contributed by atoms with Crippen LogP contribution in [0.15, 0.2) is 12.1 Å². The van der Waals surface area contributed by atoms with E-state index in [1.807, 2.05) is 13.0 Å². The molecule has 0 heterocycles. The summed E-state index contributed by atoms with van der Waals surface area (Å²) in [7, 11) is 0. The zero-order chi connectivity index (χ0) is 8.43. The first kappa shape index (κ1) is 8.34. The highest BCUT2D eigenvalue weighted by molar-refractivity contribution is 14.1. The Bertz CT molecular complexity index is 326. The van der Waals surface area contributed by atoms with Crippen LogP contribution in [-0.4, -0.2) is 0 Å². The number of rotatable bonds is 0. The van der Waals surface area contributed by atoms with Gasteiger partial charge in [-0.3, -0.25) is 0 Å². The Hall–Kier alpha value is -0.760. The number of aryl methyl sites for hydroxylation is 1. The van der Waals surface area contributed by atoms with Gasteiger partial charge in [-0.1, -0.05) is 0 Å². The van der Waals surface area contributed by atoms with Crippen molar-refractivity contribution in [2.45, 2.75) is 6.92 Å². The van der Waals surface area contributed by atoms with E-state index in [1.54, 1.807) is 6.07 Å². The summed E-state index contributed by atoms with van der Waals surface area (Å²) >= 11 is 2.11. The number of hydrogen-bond acceptors (Lipinski definition) is 2. The molecule has 0 aliphatic carbocycles. The third-order valence-corrected chi connectivity index (χ3v) is 2.40. The molecule has 3 heteroatoms. The van der Waals surface area contributed by atoms with Crippen LogP contribution in [0.1, 0.15) is 11.1 Å². The molecule has 1 aromatic rings. The number of benzene rings is 1. The number of anilines is 1. The van der Waals surface area contributed by atoms with Crippen LogP contribution in [0.5, 0.6) is 0 Å². The lowest BCUT2D eigenvalue weighted by molar-refractivity contribution is 1.38. The lowest BCUT2D eigenvalue weighted by atomic mass is 10.1. The smallest absolute Gasteiger partial charge is 0.0994 e. The summed E-state index contributed by atoms with van der Waals surface area (Å²) in [6, 6.07) is 5.72. The maximum atomic E-state index is 8.64. The van der Waals surface area contributed by atoms with Gasteiger partial charge < -0.3 is 5.73 Å². The molecule has 56 valence electrons. The van der Waals surface area contributed by atoms with E-state index in [-0.39, 0.29) is 0 Å². The molecular weight excluding hydrogens is 251 g/mol. The van der Waals surface area contributed by atoms with E-state index in [2.05, 4.69) is 28.7 Å². The van der Waals surface area contributed by atoms with Crippen LogP contribution in [0.3, 0.4) is 0 Å². The number of nitrogens with zero attached hydrogens (tertiary/aromatic N) is 1. The van der Waals surface area contributed by atoms with E-state index >= 15 is 0 Å². The molecule has 0 unspecified atom stereocenters. The summed E-state index contributed by atoms with van der Waals surface area (Å²) < 4.78 is 0.935. The highest BCUT2D eigenvalue weighted by atomic mass is 127. The van der Waals surface area contributed by atoms with Crippen LogP contribution in [0.4, 0.5) is 5.69 Å². The molecule has 0 bridgehead atoms. The Kier molecular flexibility index (Phi) is 2.35. The van der Waals surface area contributed by atoms with Gasteiger partial charge in [-0.25, -0.2) is 0 Å². The number of nitrogens with two attached hydrogens (primary N) is 1. The van der Waals surface area contributed by atoms with Crippen LogP contribution in [0.25, 0.3) is 0 Å². The lowest BCUT2D eigenvalue weighted by Gasteiger charge is -2.00. The van der Waals surface area contributed by atoms with E-state index in [0.717, 1.165) is 14.8 Å².